The average molecular weight is 523 g/mol. The normalized spacial score (nSPS) is 12.3. The topological polar surface area (TPSA) is 114 Å². The van der Waals surface area contributed by atoms with Gasteiger partial charge in [0, 0.05) is 17.4 Å². The maximum absolute atomic E-state index is 13.2. The molecule has 1 aromatic heterocycles. The number of thioether (sulfide) groups is 1. The molecule has 0 aliphatic heterocycles. The van der Waals surface area contributed by atoms with Crippen LogP contribution in [0.2, 0.25) is 0 Å². The van der Waals surface area contributed by atoms with Crippen LogP contribution in [0.25, 0.3) is 5.69 Å². The van der Waals surface area contributed by atoms with Gasteiger partial charge in [0.05, 0.1) is 10.1 Å². The average Bonchev–Trinajstić information content (AvgIpc) is 3.24. The number of phenols is 1. The van der Waals surface area contributed by atoms with Crippen LogP contribution in [0.3, 0.4) is 0 Å². The van der Waals surface area contributed by atoms with Gasteiger partial charge >= 0.3 is 0 Å². The van der Waals surface area contributed by atoms with Crippen LogP contribution in [0.1, 0.15) is 24.7 Å². The molecule has 0 spiro atoms. The van der Waals surface area contributed by atoms with E-state index in [1.165, 1.54) is 23.9 Å². The number of aryl methyl sites for hydroxylation is 1. The summed E-state index contributed by atoms with van der Waals surface area (Å²) in [5, 5.41) is 20.9. The maximum Gasteiger partial charge on any atom is 0.237 e. The lowest BCUT2D eigenvalue weighted by Crippen LogP contribution is -2.25. The number of nitrogens with zero attached hydrogens (tertiary/aromatic N) is 3. The van der Waals surface area contributed by atoms with Crippen LogP contribution in [0, 0.1) is 6.92 Å². The molecule has 2 N–H and O–H groups in total. The van der Waals surface area contributed by atoms with Gasteiger partial charge in [0.15, 0.2) is 20.8 Å². The first-order valence-electron chi connectivity index (χ1n) is 11.3. The van der Waals surface area contributed by atoms with E-state index in [4.69, 9.17) is 0 Å². The lowest BCUT2D eigenvalue weighted by Gasteiger charge is -2.16. The molecule has 1 unspecified atom stereocenters. The van der Waals surface area contributed by atoms with Crippen LogP contribution in [0.15, 0.2) is 88.9 Å². The van der Waals surface area contributed by atoms with Crippen molar-refractivity contribution in [3.05, 3.63) is 90.3 Å². The summed E-state index contributed by atoms with van der Waals surface area (Å²) >= 11 is 1.21. The summed E-state index contributed by atoms with van der Waals surface area (Å²) in [7, 11) is -3.68. The zero-order valence-corrected chi connectivity index (χ0v) is 21.5. The molecular weight excluding hydrogens is 496 g/mol. The number of hydrogen-bond acceptors (Lipinski definition) is 7. The van der Waals surface area contributed by atoms with Crippen molar-refractivity contribution in [3.63, 3.8) is 0 Å². The zero-order chi connectivity index (χ0) is 25.7. The summed E-state index contributed by atoms with van der Waals surface area (Å²) in [6.45, 7) is 3.78. The maximum atomic E-state index is 13.2. The SMILES string of the molecule is CCC(Sc1nnc(CS(=O)(=O)c2ccc(C)cc2)n1-c1ccccc1)C(=O)Nc1cccc(O)c1. The number of carbonyl (C=O) groups is 1. The zero-order valence-electron chi connectivity index (χ0n) is 19.8. The molecule has 0 fully saturated rings. The van der Waals surface area contributed by atoms with E-state index in [0.29, 0.717) is 23.0 Å². The number of benzene rings is 3. The second-order valence-electron chi connectivity index (χ2n) is 8.20. The Bertz CT molecular complexity index is 1450. The first kappa shape index (κ1) is 25.5. The molecule has 186 valence electrons. The highest BCUT2D eigenvalue weighted by Gasteiger charge is 2.26. The van der Waals surface area contributed by atoms with Gasteiger partial charge in [-0.15, -0.1) is 10.2 Å². The Hall–Kier alpha value is -3.63. The number of hydrogen-bond donors (Lipinski definition) is 2. The van der Waals surface area contributed by atoms with Gasteiger partial charge in [-0.2, -0.15) is 0 Å². The molecule has 1 amide bonds. The van der Waals surface area contributed by atoms with E-state index in [0.717, 1.165) is 5.56 Å². The summed E-state index contributed by atoms with van der Waals surface area (Å²) in [6.07, 6.45) is 0.494. The Morgan fingerprint density at radius 3 is 2.42 bits per heavy atom. The van der Waals surface area contributed by atoms with E-state index < -0.39 is 15.1 Å². The fourth-order valence-corrected chi connectivity index (χ4v) is 5.80. The monoisotopic (exact) mass is 522 g/mol. The Balaban J connectivity index is 1.64. The number of rotatable bonds is 9. The molecule has 0 saturated heterocycles. The Kier molecular flexibility index (Phi) is 7.76. The van der Waals surface area contributed by atoms with E-state index in [1.54, 1.807) is 41.0 Å². The van der Waals surface area contributed by atoms with Gasteiger partial charge in [0.1, 0.15) is 11.5 Å². The van der Waals surface area contributed by atoms with Gasteiger partial charge in [-0.3, -0.25) is 9.36 Å². The predicted octanol–water partition coefficient (Wildman–Crippen LogP) is 4.76. The summed E-state index contributed by atoms with van der Waals surface area (Å²) < 4.78 is 28.0. The lowest BCUT2D eigenvalue weighted by atomic mass is 10.2. The van der Waals surface area contributed by atoms with Crippen molar-refractivity contribution in [3.8, 4) is 11.4 Å². The Labute approximate surface area is 214 Å². The van der Waals surface area contributed by atoms with Crippen molar-refractivity contribution >= 4 is 33.2 Å². The Morgan fingerprint density at radius 1 is 1.03 bits per heavy atom. The highest BCUT2D eigenvalue weighted by molar-refractivity contribution is 8.00. The quantitative estimate of drug-likeness (QED) is 0.305. The molecule has 10 heteroatoms. The first-order valence-corrected chi connectivity index (χ1v) is 13.9. The third-order valence-corrected chi connectivity index (χ3v) is 8.37. The van der Waals surface area contributed by atoms with Gasteiger partial charge in [0.2, 0.25) is 5.91 Å². The van der Waals surface area contributed by atoms with E-state index >= 15 is 0 Å². The van der Waals surface area contributed by atoms with Crippen molar-refractivity contribution in [1.82, 2.24) is 14.8 Å². The van der Waals surface area contributed by atoms with E-state index in [9.17, 15) is 18.3 Å². The number of phenolic OH excluding ortho intramolecular Hbond substituents is 1. The van der Waals surface area contributed by atoms with Crippen LogP contribution in [0.5, 0.6) is 5.75 Å². The number of para-hydroxylation sites is 1. The molecule has 4 aromatic rings. The van der Waals surface area contributed by atoms with Crippen LogP contribution < -0.4 is 5.32 Å². The number of sulfone groups is 1. The lowest BCUT2D eigenvalue weighted by molar-refractivity contribution is -0.115. The van der Waals surface area contributed by atoms with Crippen LogP contribution in [-0.2, 0) is 20.4 Å². The first-order chi connectivity index (χ1) is 17.3. The Morgan fingerprint density at radius 2 is 1.75 bits per heavy atom. The number of anilines is 1. The van der Waals surface area contributed by atoms with Crippen molar-refractivity contribution in [2.45, 2.75) is 41.3 Å². The van der Waals surface area contributed by atoms with Crippen LogP contribution in [-0.4, -0.2) is 39.4 Å². The van der Waals surface area contributed by atoms with Crippen LogP contribution in [0.4, 0.5) is 5.69 Å². The fraction of sp³-hybridized carbons (Fsp3) is 0.192. The molecule has 1 atom stereocenters. The highest BCUT2D eigenvalue weighted by Crippen LogP contribution is 2.30. The molecule has 0 saturated carbocycles. The van der Waals surface area contributed by atoms with Gasteiger partial charge in [0.25, 0.3) is 0 Å². The molecule has 36 heavy (non-hydrogen) atoms. The largest absolute Gasteiger partial charge is 0.508 e. The third-order valence-electron chi connectivity index (χ3n) is 5.44. The standard InChI is InChI=1S/C26H26N4O4S2/c1-3-23(25(32)27-19-8-7-11-21(31)16-19)35-26-29-28-24(30(26)20-9-5-4-6-10-20)17-36(33,34)22-14-12-18(2)13-15-22/h4-16,23,31H,3,17H2,1-2H3,(H,27,32). The summed E-state index contributed by atoms with van der Waals surface area (Å²) in [6, 6.07) is 22.2. The molecule has 0 aliphatic rings. The molecular formula is C26H26N4O4S2. The summed E-state index contributed by atoms with van der Waals surface area (Å²) in [5.41, 5.74) is 2.14. The molecule has 0 bridgehead atoms. The fourth-order valence-electron chi connectivity index (χ4n) is 3.56. The minimum atomic E-state index is -3.68. The highest BCUT2D eigenvalue weighted by atomic mass is 32.2. The van der Waals surface area contributed by atoms with Gasteiger partial charge in [-0.1, -0.05) is 60.6 Å². The second-order valence-corrected chi connectivity index (χ2v) is 11.4. The van der Waals surface area contributed by atoms with Gasteiger partial charge in [-0.25, -0.2) is 8.42 Å². The van der Waals surface area contributed by atoms with E-state index in [-0.39, 0.29) is 28.1 Å². The smallest absolute Gasteiger partial charge is 0.237 e. The molecule has 8 nitrogen and oxygen atoms in total. The molecule has 3 aromatic carbocycles. The van der Waals surface area contributed by atoms with E-state index in [2.05, 4.69) is 15.5 Å². The third kappa shape index (κ3) is 5.95. The van der Waals surface area contributed by atoms with Crippen molar-refractivity contribution in [1.29, 1.82) is 0 Å². The molecule has 4 rings (SSSR count). The second kappa shape index (κ2) is 11.0. The van der Waals surface area contributed by atoms with Gasteiger partial charge in [-0.05, 0) is 49.7 Å². The number of carbonyl (C=O) groups excluding carboxylic acids is 1. The minimum Gasteiger partial charge on any atom is -0.508 e. The molecule has 0 aliphatic carbocycles. The molecule has 1 heterocycles. The number of nitrogens with one attached hydrogen (secondary N) is 1. The minimum absolute atomic E-state index is 0.0525. The summed E-state index contributed by atoms with van der Waals surface area (Å²) in [4.78, 5) is 13.2. The van der Waals surface area contributed by atoms with Crippen molar-refractivity contribution in [2.24, 2.45) is 0 Å². The van der Waals surface area contributed by atoms with Crippen molar-refractivity contribution in [2.75, 3.05) is 5.32 Å². The van der Waals surface area contributed by atoms with Crippen molar-refractivity contribution < 1.29 is 18.3 Å². The van der Waals surface area contributed by atoms with E-state index in [1.807, 2.05) is 44.2 Å². The summed E-state index contributed by atoms with van der Waals surface area (Å²) in [5.74, 6) is -0.293. The number of aromatic nitrogens is 3. The predicted molar refractivity (Wildman–Crippen MR) is 140 cm³/mol. The molecule has 0 radical (unpaired) electrons. The number of aromatic hydroxyl groups is 1. The van der Waals surface area contributed by atoms with Crippen LogP contribution >= 0.6 is 11.8 Å². The van der Waals surface area contributed by atoms with Gasteiger partial charge < -0.3 is 10.4 Å². The number of amides is 1.